The molecular formula is C23H21N3. The maximum absolute atomic E-state index is 9.35. The number of fused-ring (bicyclic) bond motifs is 1. The van der Waals surface area contributed by atoms with E-state index in [-0.39, 0.29) is 6.04 Å². The lowest BCUT2D eigenvalue weighted by Gasteiger charge is -2.32. The van der Waals surface area contributed by atoms with Crippen molar-refractivity contribution < 1.29 is 0 Å². The minimum Gasteiger partial charge on any atom is -0.350 e. The molecule has 0 amide bonds. The first-order chi connectivity index (χ1) is 12.8. The molecule has 0 aromatic heterocycles. The highest BCUT2D eigenvalue weighted by Gasteiger charge is 2.33. The Labute approximate surface area is 154 Å². The second-order valence-electron chi connectivity index (χ2n) is 6.61. The molecule has 1 N–H and O–H groups in total. The molecule has 2 aliphatic heterocycles. The molecule has 4 rings (SSSR count). The molecule has 26 heavy (non-hydrogen) atoms. The van der Waals surface area contributed by atoms with Gasteiger partial charge in [0, 0.05) is 5.70 Å². The number of rotatable bonds is 4. The third kappa shape index (κ3) is 2.85. The summed E-state index contributed by atoms with van der Waals surface area (Å²) in [6.07, 6.45) is 9.45. The summed E-state index contributed by atoms with van der Waals surface area (Å²) in [6, 6.07) is 19.1. The number of nitrogens with zero attached hydrogens (tertiary/aromatic N) is 2. The Kier molecular flexibility index (Phi) is 4.43. The van der Waals surface area contributed by atoms with E-state index >= 15 is 0 Å². The van der Waals surface area contributed by atoms with Crippen molar-refractivity contribution in [3.05, 3.63) is 96.2 Å². The molecule has 2 aromatic rings. The molecular weight excluding hydrogens is 318 g/mol. The zero-order valence-electron chi connectivity index (χ0n) is 14.6. The average Bonchev–Trinajstić information content (AvgIpc) is 3.12. The van der Waals surface area contributed by atoms with E-state index in [4.69, 9.17) is 0 Å². The lowest BCUT2D eigenvalue weighted by Crippen LogP contribution is -2.27. The monoisotopic (exact) mass is 339 g/mol. The van der Waals surface area contributed by atoms with Gasteiger partial charge in [-0.3, -0.25) is 5.32 Å². The summed E-state index contributed by atoms with van der Waals surface area (Å²) in [5.74, 6) is 0. The highest BCUT2D eigenvalue weighted by Crippen LogP contribution is 2.38. The zero-order chi connectivity index (χ0) is 17.9. The van der Waals surface area contributed by atoms with Crippen LogP contribution in [0.25, 0.3) is 11.1 Å². The molecule has 1 fully saturated rings. The Morgan fingerprint density at radius 3 is 2.85 bits per heavy atom. The number of nitrogens with one attached hydrogen (secondary N) is 1. The van der Waals surface area contributed by atoms with Crippen LogP contribution in [0, 0.1) is 11.3 Å². The number of hydrogen-bond donors (Lipinski definition) is 1. The molecule has 2 heterocycles. The van der Waals surface area contributed by atoms with E-state index in [2.05, 4.69) is 59.3 Å². The summed E-state index contributed by atoms with van der Waals surface area (Å²) in [5, 5.41) is 12.9. The third-order valence-electron chi connectivity index (χ3n) is 5.08. The molecule has 3 nitrogen and oxygen atoms in total. The van der Waals surface area contributed by atoms with Gasteiger partial charge in [-0.2, -0.15) is 5.26 Å². The van der Waals surface area contributed by atoms with Gasteiger partial charge in [0.1, 0.15) is 0 Å². The van der Waals surface area contributed by atoms with Crippen LogP contribution < -0.4 is 5.32 Å². The number of nitriles is 1. The van der Waals surface area contributed by atoms with E-state index in [1.165, 1.54) is 11.3 Å². The first kappa shape index (κ1) is 16.4. The van der Waals surface area contributed by atoms with E-state index in [1.54, 1.807) is 0 Å². The fourth-order valence-corrected chi connectivity index (χ4v) is 3.83. The Balaban J connectivity index is 1.77. The van der Waals surface area contributed by atoms with Gasteiger partial charge in [-0.1, -0.05) is 54.6 Å². The molecule has 0 saturated carbocycles. The van der Waals surface area contributed by atoms with Crippen LogP contribution in [0.15, 0.2) is 85.1 Å². The second-order valence-corrected chi connectivity index (χ2v) is 6.61. The Morgan fingerprint density at radius 1 is 1.23 bits per heavy atom. The Hall–Kier alpha value is -3.09. The summed E-state index contributed by atoms with van der Waals surface area (Å²) in [5.41, 5.74) is 5.47. The van der Waals surface area contributed by atoms with E-state index < -0.39 is 0 Å². The van der Waals surface area contributed by atoms with Gasteiger partial charge in [0.15, 0.2) is 0 Å². The minimum absolute atomic E-state index is 0.153. The first-order valence-corrected chi connectivity index (χ1v) is 8.90. The zero-order valence-corrected chi connectivity index (χ0v) is 14.6. The van der Waals surface area contributed by atoms with Gasteiger partial charge in [-0.05, 0) is 41.3 Å². The van der Waals surface area contributed by atoms with Gasteiger partial charge in [0.2, 0.25) is 0 Å². The summed E-state index contributed by atoms with van der Waals surface area (Å²) < 4.78 is 0. The van der Waals surface area contributed by atoms with E-state index in [1.807, 2.05) is 36.4 Å². The van der Waals surface area contributed by atoms with E-state index in [9.17, 15) is 5.26 Å². The van der Waals surface area contributed by atoms with Gasteiger partial charge < -0.3 is 4.90 Å². The standard InChI is InChI=1S/C23H21N3/c1-2-7-21-23-11-6-10-22(26(23)16-25-21)19-13-12-17(15-24)14-20(19)18-8-4-3-5-9-18/h2-6,8-14,21-22,25H,1,7,16H2. The molecule has 2 aliphatic rings. The fraction of sp³-hybridized carbons (Fsp3) is 0.174. The lowest BCUT2D eigenvalue weighted by atomic mass is 9.91. The van der Waals surface area contributed by atoms with E-state index in [0.29, 0.717) is 11.6 Å². The Bertz CT molecular complexity index is 918. The second kappa shape index (κ2) is 7.03. The van der Waals surface area contributed by atoms with Crippen molar-refractivity contribution in [1.29, 1.82) is 5.26 Å². The number of benzene rings is 2. The van der Waals surface area contributed by atoms with Crippen molar-refractivity contribution >= 4 is 0 Å². The first-order valence-electron chi connectivity index (χ1n) is 8.90. The average molecular weight is 339 g/mol. The summed E-state index contributed by atoms with van der Waals surface area (Å²) in [7, 11) is 0. The van der Waals surface area contributed by atoms with Crippen LogP contribution >= 0.6 is 0 Å². The van der Waals surface area contributed by atoms with Crippen LogP contribution in [-0.4, -0.2) is 17.6 Å². The number of allylic oxidation sites excluding steroid dienone is 2. The molecule has 2 atom stereocenters. The minimum atomic E-state index is 0.153. The van der Waals surface area contributed by atoms with Gasteiger partial charge in [0.05, 0.1) is 30.4 Å². The highest BCUT2D eigenvalue weighted by atomic mass is 15.3. The Morgan fingerprint density at radius 2 is 2.08 bits per heavy atom. The largest absolute Gasteiger partial charge is 0.350 e. The normalized spacial score (nSPS) is 21.0. The predicted octanol–water partition coefficient (Wildman–Crippen LogP) is 4.53. The van der Waals surface area contributed by atoms with Crippen LogP contribution in [0.1, 0.15) is 23.6 Å². The van der Waals surface area contributed by atoms with Crippen molar-refractivity contribution in [2.75, 3.05) is 6.67 Å². The SMILES string of the molecule is C=CCC1NCN2C1=CC=CC2c1ccc(C#N)cc1-c1ccccc1. The third-order valence-corrected chi connectivity index (χ3v) is 5.08. The van der Waals surface area contributed by atoms with Crippen LogP contribution in [0.2, 0.25) is 0 Å². The van der Waals surface area contributed by atoms with Gasteiger partial charge >= 0.3 is 0 Å². The quantitative estimate of drug-likeness (QED) is 0.832. The molecule has 0 aliphatic carbocycles. The van der Waals surface area contributed by atoms with Gasteiger partial charge in [-0.15, -0.1) is 6.58 Å². The molecule has 3 heteroatoms. The predicted molar refractivity (Wildman–Crippen MR) is 105 cm³/mol. The van der Waals surface area contributed by atoms with E-state index in [0.717, 1.165) is 24.2 Å². The van der Waals surface area contributed by atoms with Gasteiger partial charge in [0.25, 0.3) is 0 Å². The fourth-order valence-electron chi connectivity index (χ4n) is 3.83. The lowest BCUT2D eigenvalue weighted by molar-refractivity contribution is 0.326. The maximum atomic E-state index is 9.35. The highest BCUT2D eigenvalue weighted by molar-refractivity contribution is 5.70. The van der Waals surface area contributed by atoms with Crippen LogP contribution in [0.4, 0.5) is 0 Å². The molecule has 1 saturated heterocycles. The molecule has 2 unspecified atom stereocenters. The van der Waals surface area contributed by atoms with Crippen molar-refractivity contribution in [2.24, 2.45) is 0 Å². The molecule has 0 bridgehead atoms. The molecule has 0 radical (unpaired) electrons. The maximum Gasteiger partial charge on any atom is 0.0991 e. The smallest absolute Gasteiger partial charge is 0.0991 e. The van der Waals surface area contributed by atoms with Crippen molar-refractivity contribution in [1.82, 2.24) is 10.2 Å². The van der Waals surface area contributed by atoms with Crippen molar-refractivity contribution in [3.8, 4) is 17.2 Å². The molecule has 128 valence electrons. The van der Waals surface area contributed by atoms with Crippen LogP contribution in [0.3, 0.4) is 0 Å². The summed E-state index contributed by atoms with van der Waals surface area (Å²) in [4.78, 5) is 2.40. The summed E-state index contributed by atoms with van der Waals surface area (Å²) >= 11 is 0. The van der Waals surface area contributed by atoms with Crippen LogP contribution in [-0.2, 0) is 0 Å². The van der Waals surface area contributed by atoms with Crippen LogP contribution in [0.5, 0.6) is 0 Å². The van der Waals surface area contributed by atoms with Crippen molar-refractivity contribution in [3.63, 3.8) is 0 Å². The molecule has 2 aromatic carbocycles. The molecule has 0 spiro atoms. The number of hydrogen-bond acceptors (Lipinski definition) is 3. The van der Waals surface area contributed by atoms with Gasteiger partial charge in [-0.25, -0.2) is 0 Å². The van der Waals surface area contributed by atoms with Crippen molar-refractivity contribution in [2.45, 2.75) is 18.5 Å². The summed E-state index contributed by atoms with van der Waals surface area (Å²) in [6.45, 7) is 4.69. The topological polar surface area (TPSA) is 39.1 Å².